The van der Waals surface area contributed by atoms with E-state index in [1.54, 1.807) is 30.3 Å². The van der Waals surface area contributed by atoms with Crippen molar-refractivity contribution in [1.29, 1.82) is 0 Å². The molecule has 0 spiro atoms. The zero-order valence-electron chi connectivity index (χ0n) is 15.1. The number of carboxylic acids is 2. The third-order valence-electron chi connectivity index (χ3n) is 5.30. The van der Waals surface area contributed by atoms with Gasteiger partial charge in [-0.25, -0.2) is 4.79 Å². The fourth-order valence-electron chi connectivity index (χ4n) is 4.03. The zero-order valence-corrected chi connectivity index (χ0v) is 15.1. The van der Waals surface area contributed by atoms with Gasteiger partial charge in [-0.05, 0) is 12.0 Å². The van der Waals surface area contributed by atoms with Gasteiger partial charge in [0.15, 0.2) is 11.0 Å². The van der Waals surface area contributed by atoms with Crippen molar-refractivity contribution in [1.82, 2.24) is 4.90 Å². The van der Waals surface area contributed by atoms with Crippen LogP contribution in [0.15, 0.2) is 30.3 Å². The predicted molar refractivity (Wildman–Crippen MR) is 91.2 cm³/mol. The molecule has 0 saturated carbocycles. The number of benzene rings is 1. The average molecular weight is 361 g/mol. The van der Waals surface area contributed by atoms with E-state index >= 15 is 0 Å². The van der Waals surface area contributed by atoms with Gasteiger partial charge >= 0.3 is 11.9 Å². The topological polar surface area (TPSA) is 104 Å². The van der Waals surface area contributed by atoms with Gasteiger partial charge in [0.2, 0.25) is 5.91 Å². The molecular weight excluding hydrogens is 338 g/mol. The number of rotatable bonds is 4. The fraction of sp³-hybridized carbons (Fsp3) is 0.526. The minimum atomic E-state index is -1.81. The summed E-state index contributed by atoms with van der Waals surface area (Å²) < 4.78 is 5.67. The maximum Gasteiger partial charge on any atom is 0.332 e. The Hall–Kier alpha value is -2.41. The van der Waals surface area contributed by atoms with Crippen LogP contribution in [0.3, 0.4) is 0 Å². The number of carbonyl (C=O) groups is 3. The predicted octanol–water partition coefficient (Wildman–Crippen LogP) is 1.76. The summed E-state index contributed by atoms with van der Waals surface area (Å²) >= 11 is 0. The lowest BCUT2D eigenvalue weighted by Gasteiger charge is -2.36. The Labute approximate surface area is 151 Å². The summed E-state index contributed by atoms with van der Waals surface area (Å²) in [5.41, 5.74) is -3.33. The van der Waals surface area contributed by atoms with Crippen molar-refractivity contribution in [2.45, 2.75) is 45.4 Å². The molecule has 2 aliphatic rings. The summed E-state index contributed by atoms with van der Waals surface area (Å²) in [6.45, 7) is 5.29. The van der Waals surface area contributed by atoms with Crippen LogP contribution in [-0.2, 0) is 25.5 Å². The number of fused-ring (bicyclic) bond motifs is 1. The van der Waals surface area contributed by atoms with Crippen LogP contribution in [0.2, 0.25) is 0 Å². The van der Waals surface area contributed by atoms with Crippen molar-refractivity contribution in [2.24, 2.45) is 10.8 Å². The number of carboxylic acid groups (broad SMARTS) is 2. The van der Waals surface area contributed by atoms with Gasteiger partial charge in [0.25, 0.3) is 0 Å². The Morgan fingerprint density at radius 2 is 1.81 bits per heavy atom. The molecule has 0 aliphatic carbocycles. The standard InChI is InChI=1S/C19H23NO6/c1-17(2,3)14-20-13(21)18(15(22)23,9-12-7-5-4-6-8-12)10-19(20,11-26-14)16(24)25/h4-8,14H,9-11H2,1-3H3,(H,22,23)(H,24,25)/t14-,18+,19+/m0/s1. The number of hydrogen-bond donors (Lipinski definition) is 2. The molecule has 2 N–H and O–H groups in total. The third-order valence-corrected chi connectivity index (χ3v) is 5.30. The molecule has 1 aromatic carbocycles. The molecule has 3 atom stereocenters. The van der Waals surface area contributed by atoms with Gasteiger partial charge in [-0.1, -0.05) is 51.1 Å². The number of aliphatic carboxylic acids is 2. The van der Waals surface area contributed by atoms with E-state index in [0.717, 1.165) is 0 Å². The highest BCUT2D eigenvalue weighted by molar-refractivity contribution is 6.08. The van der Waals surface area contributed by atoms with E-state index in [4.69, 9.17) is 4.74 Å². The summed E-state index contributed by atoms with van der Waals surface area (Å²) in [6, 6.07) is 8.81. The van der Waals surface area contributed by atoms with Gasteiger partial charge in [0.05, 0.1) is 6.61 Å². The van der Waals surface area contributed by atoms with Crippen LogP contribution < -0.4 is 0 Å². The van der Waals surface area contributed by atoms with Crippen LogP contribution in [-0.4, -0.2) is 51.3 Å². The lowest BCUT2D eigenvalue weighted by Crippen LogP contribution is -2.54. The van der Waals surface area contributed by atoms with E-state index < -0.39 is 40.4 Å². The van der Waals surface area contributed by atoms with Crippen molar-refractivity contribution >= 4 is 17.8 Å². The van der Waals surface area contributed by atoms with E-state index in [-0.39, 0.29) is 19.4 Å². The second kappa shape index (κ2) is 5.81. The van der Waals surface area contributed by atoms with Crippen molar-refractivity contribution in [2.75, 3.05) is 6.61 Å². The number of hydrogen-bond acceptors (Lipinski definition) is 4. The van der Waals surface area contributed by atoms with Crippen LogP contribution in [0, 0.1) is 10.8 Å². The maximum atomic E-state index is 13.3. The smallest absolute Gasteiger partial charge is 0.332 e. The molecule has 0 radical (unpaired) electrons. The van der Waals surface area contributed by atoms with Crippen molar-refractivity contribution < 1.29 is 29.3 Å². The molecule has 1 aromatic rings. The Kier molecular flexibility index (Phi) is 4.10. The molecule has 2 heterocycles. The van der Waals surface area contributed by atoms with Crippen LogP contribution in [0.1, 0.15) is 32.8 Å². The highest BCUT2D eigenvalue weighted by atomic mass is 16.5. The summed E-state index contributed by atoms with van der Waals surface area (Å²) in [7, 11) is 0. The molecule has 3 rings (SSSR count). The maximum absolute atomic E-state index is 13.3. The number of nitrogens with zero attached hydrogens (tertiary/aromatic N) is 1. The van der Waals surface area contributed by atoms with Gasteiger partial charge in [0.1, 0.15) is 6.23 Å². The molecule has 26 heavy (non-hydrogen) atoms. The largest absolute Gasteiger partial charge is 0.480 e. The summed E-state index contributed by atoms with van der Waals surface area (Å²) in [4.78, 5) is 38.8. The minimum Gasteiger partial charge on any atom is -0.480 e. The first-order valence-corrected chi connectivity index (χ1v) is 8.51. The number of carbonyl (C=O) groups excluding carboxylic acids is 1. The molecule has 0 unspecified atom stereocenters. The van der Waals surface area contributed by atoms with Crippen LogP contribution in [0.25, 0.3) is 0 Å². The second-order valence-electron chi connectivity index (χ2n) is 8.27. The number of ether oxygens (including phenoxy) is 1. The molecule has 7 heteroatoms. The van der Waals surface area contributed by atoms with Gasteiger partial charge < -0.3 is 14.9 Å². The Morgan fingerprint density at radius 3 is 2.31 bits per heavy atom. The SMILES string of the molecule is CC(C)(C)[C@@H]1OC[C@@]2(C(=O)O)C[C@@](Cc3ccccc3)(C(=O)O)C(=O)N12. The van der Waals surface area contributed by atoms with Crippen molar-refractivity contribution in [3.8, 4) is 0 Å². The van der Waals surface area contributed by atoms with Crippen molar-refractivity contribution in [3.05, 3.63) is 35.9 Å². The fourth-order valence-corrected chi connectivity index (χ4v) is 4.03. The first kappa shape index (κ1) is 18.4. The highest BCUT2D eigenvalue weighted by Gasteiger charge is 2.71. The number of amides is 1. The Bertz CT molecular complexity index is 755. The second-order valence-corrected chi connectivity index (χ2v) is 8.27. The van der Waals surface area contributed by atoms with Crippen LogP contribution >= 0.6 is 0 Å². The first-order valence-electron chi connectivity index (χ1n) is 8.51. The lowest BCUT2D eigenvalue weighted by atomic mass is 9.76. The zero-order chi connectivity index (χ0) is 19.3. The molecule has 7 nitrogen and oxygen atoms in total. The lowest BCUT2D eigenvalue weighted by molar-refractivity contribution is -0.163. The highest BCUT2D eigenvalue weighted by Crippen LogP contribution is 2.52. The van der Waals surface area contributed by atoms with E-state index in [9.17, 15) is 24.6 Å². The molecule has 0 bridgehead atoms. The van der Waals surface area contributed by atoms with Gasteiger partial charge in [0, 0.05) is 11.8 Å². The van der Waals surface area contributed by atoms with E-state index in [1.165, 1.54) is 4.90 Å². The van der Waals surface area contributed by atoms with E-state index in [1.807, 2.05) is 20.8 Å². The van der Waals surface area contributed by atoms with E-state index in [2.05, 4.69) is 0 Å². The summed E-state index contributed by atoms with van der Waals surface area (Å²) in [5.74, 6) is -3.21. The monoisotopic (exact) mass is 361 g/mol. The molecular formula is C19H23NO6. The van der Waals surface area contributed by atoms with E-state index in [0.29, 0.717) is 5.56 Å². The van der Waals surface area contributed by atoms with Crippen molar-refractivity contribution in [3.63, 3.8) is 0 Å². The quantitative estimate of drug-likeness (QED) is 0.792. The Morgan fingerprint density at radius 1 is 1.19 bits per heavy atom. The minimum absolute atomic E-state index is 0.0512. The molecule has 140 valence electrons. The average Bonchev–Trinajstić information content (AvgIpc) is 3.04. The molecule has 1 amide bonds. The molecule has 2 aliphatic heterocycles. The third kappa shape index (κ3) is 2.49. The molecule has 2 fully saturated rings. The van der Waals surface area contributed by atoms with Gasteiger partial charge in [-0.15, -0.1) is 0 Å². The summed E-state index contributed by atoms with van der Waals surface area (Å²) in [5, 5.41) is 19.8. The van der Waals surface area contributed by atoms with Crippen LogP contribution in [0.4, 0.5) is 0 Å². The summed E-state index contributed by atoms with van der Waals surface area (Å²) in [6.07, 6.45) is -1.15. The van der Waals surface area contributed by atoms with Crippen LogP contribution in [0.5, 0.6) is 0 Å². The Balaban J connectivity index is 2.10. The normalized spacial score (nSPS) is 31.1. The van der Waals surface area contributed by atoms with Gasteiger partial charge in [-0.3, -0.25) is 14.5 Å². The first-order chi connectivity index (χ1) is 12.0. The molecule has 2 saturated heterocycles. The molecule has 0 aromatic heterocycles. The van der Waals surface area contributed by atoms with Gasteiger partial charge in [-0.2, -0.15) is 0 Å².